The second-order valence-electron chi connectivity index (χ2n) is 4.65. The van der Waals surface area contributed by atoms with Gasteiger partial charge in [-0.1, -0.05) is 5.21 Å². The molecule has 7 heteroatoms. The summed E-state index contributed by atoms with van der Waals surface area (Å²) in [4.78, 5) is 17.7. The Kier molecular flexibility index (Phi) is 3.23. The highest BCUT2D eigenvalue weighted by atomic mass is 32.1. The molecule has 0 saturated heterocycles. The number of fused-ring (bicyclic) bond motifs is 3. The van der Waals surface area contributed by atoms with Crippen LogP contribution in [0.3, 0.4) is 0 Å². The maximum atomic E-state index is 12.4. The number of methoxy groups -OCH3 is 1. The van der Waals surface area contributed by atoms with Gasteiger partial charge in [0.15, 0.2) is 0 Å². The van der Waals surface area contributed by atoms with E-state index in [4.69, 9.17) is 4.74 Å². The third-order valence-corrected chi connectivity index (χ3v) is 4.21. The first-order valence-corrected chi connectivity index (χ1v) is 7.06. The van der Waals surface area contributed by atoms with Crippen LogP contribution in [-0.2, 0) is 11.3 Å². The van der Waals surface area contributed by atoms with Crippen LogP contribution in [0, 0.1) is 13.8 Å². The van der Waals surface area contributed by atoms with Gasteiger partial charge in [0.25, 0.3) is 5.56 Å². The van der Waals surface area contributed by atoms with Gasteiger partial charge in [0.2, 0.25) is 0 Å². The smallest absolute Gasteiger partial charge is 0.287 e. The molecule has 0 spiro atoms. The number of hydrogen-bond acceptors (Lipinski definition) is 6. The molecule has 0 aliphatic rings. The Morgan fingerprint density at radius 3 is 2.95 bits per heavy atom. The average Bonchev–Trinajstić information content (AvgIpc) is 2.77. The molecule has 0 aromatic carbocycles. The minimum Gasteiger partial charge on any atom is -0.383 e. The number of hydrogen-bond donors (Lipinski definition) is 0. The quantitative estimate of drug-likeness (QED) is 0.734. The lowest BCUT2D eigenvalue weighted by atomic mass is 10.1. The molecular weight excluding hydrogens is 276 g/mol. The maximum Gasteiger partial charge on any atom is 0.287 e. The normalized spacial score (nSPS) is 11.6. The van der Waals surface area contributed by atoms with E-state index in [1.807, 2.05) is 19.9 Å². The lowest BCUT2D eigenvalue weighted by Crippen LogP contribution is -2.25. The zero-order valence-electron chi connectivity index (χ0n) is 11.5. The zero-order chi connectivity index (χ0) is 14.3. The summed E-state index contributed by atoms with van der Waals surface area (Å²) < 4.78 is 6.91. The Morgan fingerprint density at radius 2 is 2.20 bits per heavy atom. The van der Waals surface area contributed by atoms with Gasteiger partial charge in [-0.25, -0.2) is 9.67 Å². The van der Waals surface area contributed by atoms with E-state index in [0.29, 0.717) is 23.4 Å². The Balaban J connectivity index is 2.31. The first kappa shape index (κ1) is 13.1. The van der Waals surface area contributed by atoms with Gasteiger partial charge >= 0.3 is 0 Å². The molecule has 0 radical (unpaired) electrons. The third kappa shape index (κ3) is 1.99. The van der Waals surface area contributed by atoms with Gasteiger partial charge in [-0.15, -0.1) is 16.4 Å². The lowest BCUT2D eigenvalue weighted by molar-refractivity contribution is 0.181. The van der Waals surface area contributed by atoms with Gasteiger partial charge < -0.3 is 4.74 Å². The summed E-state index contributed by atoms with van der Waals surface area (Å²) in [5.74, 6) is 0. The molecule has 0 aliphatic carbocycles. The fraction of sp³-hybridized carbons (Fsp3) is 0.385. The Bertz CT molecular complexity index is 853. The summed E-state index contributed by atoms with van der Waals surface area (Å²) in [6.45, 7) is 4.78. The van der Waals surface area contributed by atoms with Gasteiger partial charge in [-0.05, 0) is 25.5 Å². The Morgan fingerprint density at radius 1 is 1.40 bits per heavy atom. The summed E-state index contributed by atoms with van der Waals surface area (Å²) in [6, 6.07) is 1.99. The minimum atomic E-state index is -0.132. The van der Waals surface area contributed by atoms with Crippen molar-refractivity contribution in [3.8, 4) is 0 Å². The van der Waals surface area contributed by atoms with Crippen molar-refractivity contribution in [2.45, 2.75) is 20.4 Å². The number of ether oxygens (including phenoxy) is 1. The van der Waals surface area contributed by atoms with E-state index in [0.717, 1.165) is 21.5 Å². The summed E-state index contributed by atoms with van der Waals surface area (Å²) >= 11 is 1.38. The number of nitrogens with zero attached hydrogens (tertiary/aromatic N) is 4. The van der Waals surface area contributed by atoms with Gasteiger partial charge in [0, 0.05) is 18.2 Å². The zero-order valence-corrected chi connectivity index (χ0v) is 12.3. The van der Waals surface area contributed by atoms with E-state index in [1.54, 1.807) is 7.11 Å². The van der Waals surface area contributed by atoms with E-state index in [-0.39, 0.29) is 5.56 Å². The van der Waals surface area contributed by atoms with Gasteiger partial charge in [0.1, 0.15) is 15.0 Å². The van der Waals surface area contributed by atoms with Crippen LogP contribution in [0.2, 0.25) is 0 Å². The standard InChI is InChI=1S/C13H14N4O2S/c1-7-6-8(2)14-12-9(7)10-11(20-12)13(18)17(16-15-10)4-5-19-3/h6H,4-5H2,1-3H3. The van der Waals surface area contributed by atoms with Gasteiger partial charge in [-0.2, -0.15) is 0 Å². The van der Waals surface area contributed by atoms with Crippen LogP contribution in [0.5, 0.6) is 0 Å². The van der Waals surface area contributed by atoms with E-state index in [1.165, 1.54) is 16.0 Å². The number of pyridine rings is 1. The predicted molar refractivity (Wildman–Crippen MR) is 78.3 cm³/mol. The lowest BCUT2D eigenvalue weighted by Gasteiger charge is -2.02. The topological polar surface area (TPSA) is 69.9 Å². The molecular formula is C13H14N4O2S. The molecule has 0 atom stereocenters. The first-order chi connectivity index (χ1) is 9.61. The third-order valence-electron chi connectivity index (χ3n) is 3.15. The van der Waals surface area contributed by atoms with Crippen molar-refractivity contribution in [3.05, 3.63) is 27.7 Å². The SMILES string of the molecule is COCCn1nnc2c(sc3nc(C)cc(C)c32)c1=O. The molecule has 3 heterocycles. The second-order valence-corrected chi connectivity index (χ2v) is 5.65. The van der Waals surface area contributed by atoms with Crippen molar-refractivity contribution < 1.29 is 4.74 Å². The Labute approximate surface area is 119 Å². The Hall–Kier alpha value is -1.86. The maximum absolute atomic E-state index is 12.4. The highest BCUT2D eigenvalue weighted by Gasteiger charge is 2.15. The predicted octanol–water partition coefficient (Wildman–Crippen LogP) is 1.66. The van der Waals surface area contributed by atoms with Crippen LogP contribution < -0.4 is 5.56 Å². The summed E-state index contributed by atoms with van der Waals surface area (Å²) in [5, 5.41) is 9.11. The fourth-order valence-corrected chi connectivity index (χ4v) is 3.42. The second kappa shape index (κ2) is 4.92. The van der Waals surface area contributed by atoms with E-state index >= 15 is 0 Å². The largest absolute Gasteiger partial charge is 0.383 e. The van der Waals surface area contributed by atoms with Gasteiger partial charge in [-0.3, -0.25) is 4.79 Å². The molecule has 0 N–H and O–H groups in total. The highest BCUT2D eigenvalue weighted by molar-refractivity contribution is 7.25. The van der Waals surface area contributed by atoms with Crippen LogP contribution >= 0.6 is 11.3 Å². The molecule has 3 rings (SSSR count). The fourth-order valence-electron chi connectivity index (χ4n) is 2.24. The monoisotopic (exact) mass is 290 g/mol. The minimum absolute atomic E-state index is 0.132. The van der Waals surface area contributed by atoms with Gasteiger partial charge in [0.05, 0.1) is 13.2 Å². The van der Waals surface area contributed by atoms with Crippen LogP contribution in [0.25, 0.3) is 20.4 Å². The average molecular weight is 290 g/mol. The van der Waals surface area contributed by atoms with Crippen molar-refractivity contribution >= 4 is 31.8 Å². The van der Waals surface area contributed by atoms with Crippen molar-refractivity contribution in [1.82, 2.24) is 20.0 Å². The van der Waals surface area contributed by atoms with Crippen molar-refractivity contribution in [2.75, 3.05) is 13.7 Å². The highest BCUT2D eigenvalue weighted by Crippen LogP contribution is 2.31. The number of rotatable bonds is 3. The first-order valence-electron chi connectivity index (χ1n) is 6.25. The molecule has 6 nitrogen and oxygen atoms in total. The van der Waals surface area contributed by atoms with Crippen LogP contribution in [0.15, 0.2) is 10.9 Å². The molecule has 0 amide bonds. The summed E-state index contributed by atoms with van der Waals surface area (Å²) in [6.07, 6.45) is 0. The molecule has 104 valence electrons. The van der Waals surface area contributed by atoms with Crippen LogP contribution in [0.4, 0.5) is 0 Å². The molecule has 3 aromatic heterocycles. The molecule has 0 fully saturated rings. The van der Waals surface area contributed by atoms with Crippen molar-refractivity contribution in [3.63, 3.8) is 0 Å². The van der Waals surface area contributed by atoms with E-state index in [9.17, 15) is 4.79 Å². The van der Waals surface area contributed by atoms with E-state index in [2.05, 4.69) is 15.3 Å². The number of aryl methyl sites for hydroxylation is 2. The van der Waals surface area contributed by atoms with Crippen LogP contribution in [0.1, 0.15) is 11.3 Å². The molecule has 0 unspecified atom stereocenters. The van der Waals surface area contributed by atoms with Crippen molar-refractivity contribution in [1.29, 1.82) is 0 Å². The summed E-state index contributed by atoms with van der Waals surface area (Å²) in [7, 11) is 1.59. The molecule has 0 aliphatic heterocycles. The van der Waals surface area contributed by atoms with Crippen molar-refractivity contribution in [2.24, 2.45) is 0 Å². The number of thiophene rings is 1. The molecule has 0 saturated carbocycles. The molecule has 20 heavy (non-hydrogen) atoms. The van der Waals surface area contributed by atoms with Crippen LogP contribution in [-0.4, -0.2) is 33.7 Å². The molecule has 3 aromatic rings. The van der Waals surface area contributed by atoms with E-state index < -0.39 is 0 Å². The summed E-state index contributed by atoms with van der Waals surface area (Å²) in [5.41, 5.74) is 2.53. The number of aromatic nitrogens is 4. The molecule has 0 bridgehead atoms.